The Morgan fingerprint density at radius 2 is 2.00 bits per heavy atom. The SMILES string of the molecule is Cn1c(SCC(=O)c2ccc(Br)s2)nnc1-c1ccccc1. The quantitative estimate of drug-likeness (QED) is 0.479. The highest BCUT2D eigenvalue weighted by Gasteiger charge is 2.14. The van der Waals surface area contributed by atoms with Crippen LogP contribution in [-0.2, 0) is 7.05 Å². The smallest absolute Gasteiger partial charge is 0.191 e. The fraction of sp³-hybridized carbons (Fsp3) is 0.133. The lowest BCUT2D eigenvalue weighted by atomic mass is 10.2. The Labute approximate surface area is 144 Å². The van der Waals surface area contributed by atoms with E-state index in [2.05, 4.69) is 26.1 Å². The standard InChI is InChI=1S/C15H12BrN3OS2/c1-19-14(10-5-3-2-4-6-10)17-18-15(19)21-9-11(20)12-7-8-13(16)22-12/h2-8H,9H2,1H3. The second kappa shape index (κ2) is 6.76. The van der Waals surface area contributed by atoms with Crippen LogP contribution >= 0.6 is 39.0 Å². The number of thioether (sulfide) groups is 1. The summed E-state index contributed by atoms with van der Waals surface area (Å²) >= 11 is 6.22. The summed E-state index contributed by atoms with van der Waals surface area (Å²) in [5, 5.41) is 9.14. The zero-order chi connectivity index (χ0) is 15.5. The number of carbonyl (C=O) groups is 1. The molecule has 1 aromatic carbocycles. The number of benzene rings is 1. The fourth-order valence-corrected chi connectivity index (χ4v) is 4.15. The molecule has 0 amide bonds. The minimum atomic E-state index is 0.102. The zero-order valence-corrected chi connectivity index (χ0v) is 14.9. The van der Waals surface area contributed by atoms with E-state index in [1.807, 2.05) is 54.1 Å². The Bertz CT molecular complexity index is 798. The van der Waals surface area contributed by atoms with Crippen molar-refractivity contribution in [1.82, 2.24) is 14.8 Å². The van der Waals surface area contributed by atoms with Crippen molar-refractivity contribution < 1.29 is 4.79 Å². The third kappa shape index (κ3) is 3.31. The molecule has 0 spiro atoms. The van der Waals surface area contributed by atoms with E-state index in [0.717, 1.165) is 25.2 Å². The molecule has 22 heavy (non-hydrogen) atoms. The molecule has 0 N–H and O–H groups in total. The van der Waals surface area contributed by atoms with Gasteiger partial charge in [0.05, 0.1) is 14.4 Å². The lowest BCUT2D eigenvalue weighted by Crippen LogP contribution is -2.01. The Kier molecular flexibility index (Phi) is 4.75. The average Bonchev–Trinajstić information content (AvgIpc) is 3.12. The number of hydrogen-bond donors (Lipinski definition) is 0. The number of Topliss-reactive ketones (excluding diaryl/α,β-unsaturated/α-hetero) is 1. The van der Waals surface area contributed by atoms with Gasteiger partial charge in [-0.05, 0) is 28.1 Å². The van der Waals surface area contributed by atoms with Gasteiger partial charge in [-0.1, -0.05) is 42.1 Å². The summed E-state index contributed by atoms with van der Waals surface area (Å²) in [7, 11) is 1.91. The molecule has 0 unspecified atom stereocenters. The molecule has 0 fully saturated rings. The minimum Gasteiger partial charge on any atom is -0.305 e. The van der Waals surface area contributed by atoms with E-state index in [4.69, 9.17) is 0 Å². The largest absolute Gasteiger partial charge is 0.305 e. The van der Waals surface area contributed by atoms with Gasteiger partial charge in [-0.15, -0.1) is 21.5 Å². The number of nitrogens with zero attached hydrogens (tertiary/aromatic N) is 3. The first-order chi connectivity index (χ1) is 10.6. The molecule has 7 heteroatoms. The number of carbonyl (C=O) groups excluding carboxylic acids is 1. The lowest BCUT2D eigenvalue weighted by Gasteiger charge is -2.03. The van der Waals surface area contributed by atoms with E-state index in [1.54, 1.807) is 0 Å². The van der Waals surface area contributed by atoms with Gasteiger partial charge >= 0.3 is 0 Å². The molecule has 0 aliphatic carbocycles. The highest BCUT2D eigenvalue weighted by molar-refractivity contribution is 9.11. The molecule has 4 nitrogen and oxygen atoms in total. The molecular formula is C15H12BrN3OS2. The van der Waals surface area contributed by atoms with Crippen LogP contribution in [0, 0.1) is 0 Å². The molecule has 0 radical (unpaired) electrons. The van der Waals surface area contributed by atoms with Crippen LogP contribution in [0.4, 0.5) is 0 Å². The molecule has 2 aromatic heterocycles. The first-order valence-electron chi connectivity index (χ1n) is 6.51. The van der Waals surface area contributed by atoms with Crippen molar-refractivity contribution in [2.45, 2.75) is 5.16 Å². The van der Waals surface area contributed by atoms with E-state index in [9.17, 15) is 4.79 Å². The molecule has 0 aliphatic heterocycles. The first-order valence-corrected chi connectivity index (χ1v) is 9.11. The van der Waals surface area contributed by atoms with Crippen LogP contribution in [0.2, 0.25) is 0 Å². The molecular weight excluding hydrogens is 382 g/mol. The summed E-state index contributed by atoms with van der Waals surface area (Å²) < 4.78 is 2.88. The van der Waals surface area contributed by atoms with Gasteiger partial charge in [0.15, 0.2) is 16.8 Å². The number of ketones is 1. The topological polar surface area (TPSA) is 47.8 Å². The van der Waals surface area contributed by atoms with E-state index < -0.39 is 0 Å². The molecule has 3 rings (SSSR count). The summed E-state index contributed by atoms with van der Waals surface area (Å²) in [5.41, 5.74) is 1.01. The number of hydrogen-bond acceptors (Lipinski definition) is 5. The third-order valence-corrected chi connectivity index (χ3v) is 5.73. The maximum absolute atomic E-state index is 12.1. The van der Waals surface area contributed by atoms with Crippen LogP contribution in [0.25, 0.3) is 11.4 Å². The predicted octanol–water partition coefficient (Wildman–Crippen LogP) is 4.28. The second-order valence-electron chi connectivity index (χ2n) is 4.55. The Balaban J connectivity index is 1.72. The van der Waals surface area contributed by atoms with Crippen LogP contribution in [0.15, 0.2) is 51.4 Å². The summed E-state index contributed by atoms with van der Waals surface area (Å²) in [5.74, 6) is 1.26. The van der Waals surface area contributed by atoms with Crippen molar-refractivity contribution in [3.63, 3.8) is 0 Å². The van der Waals surface area contributed by atoms with E-state index in [1.165, 1.54) is 23.1 Å². The molecule has 0 saturated heterocycles. The number of halogens is 1. The summed E-state index contributed by atoms with van der Waals surface area (Å²) in [6.45, 7) is 0. The third-order valence-electron chi connectivity index (χ3n) is 3.05. The number of rotatable bonds is 5. The van der Waals surface area contributed by atoms with Crippen molar-refractivity contribution in [3.05, 3.63) is 51.1 Å². The van der Waals surface area contributed by atoms with Crippen molar-refractivity contribution >= 4 is 44.8 Å². The van der Waals surface area contributed by atoms with E-state index in [0.29, 0.717) is 5.75 Å². The van der Waals surface area contributed by atoms with Crippen LogP contribution in [0.1, 0.15) is 9.67 Å². The Hall–Kier alpha value is -1.44. The maximum Gasteiger partial charge on any atom is 0.191 e. The summed E-state index contributed by atoms with van der Waals surface area (Å²) in [6, 6.07) is 13.6. The molecule has 0 saturated carbocycles. The molecule has 0 aliphatic rings. The second-order valence-corrected chi connectivity index (χ2v) is 7.95. The van der Waals surface area contributed by atoms with Crippen molar-refractivity contribution in [2.75, 3.05) is 5.75 Å². The van der Waals surface area contributed by atoms with Crippen LogP contribution < -0.4 is 0 Å². The minimum absolute atomic E-state index is 0.102. The van der Waals surface area contributed by atoms with Crippen LogP contribution in [0.3, 0.4) is 0 Å². The van der Waals surface area contributed by atoms with Crippen molar-refractivity contribution in [2.24, 2.45) is 7.05 Å². The van der Waals surface area contributed by atoms with E-state index >= 15 is 0 Å². The number of thiophene rings is 1. The van der Waals surface area contributed by atoms with Gasteiger partial charge in [-0.3, -0.25) is 4.79 Å². The zero-order valence-electron chi connectivity index (χ0n) is 11.7. The van der Waals surface area contributed by atoms with Gasteiger partial charge in [0.1, 0.15) is 0 Å². The fourth-order valence-electron chi connectivity index (χ4n) is 1.94. The van der Waals surface area contributed by atoms with Gasteiger partial charge in [-0.25, -0.2) is 0 Å². The van der Waals surface area contributed by atoms with Gasteiger partial charge in [0.2, 0.25) is 0 Å². The van der Waals surface area contributed by atoms with Crippen LogP contribution in [-0.4, -0.2) is 26.3 Å². The first kappa shape index (κ1) is 15.5. The van der Waals surface area contributed by atoms with E-state index in [-0.39, 0.29) is 5.78 Å². The monoisotopic (exact) mass is 393 g/mol. The van der Waals surface area contributed by atoms with Gasteiger partial charge < -0.3 is 4.57 Å². The van der Waals surface area contributed by atoms with Gasteiger partial charge in [0, 0.05) is 12.6 Å². The highest BCUT2D eigenvalue weighted by atomic mass is 79.9. The lowest BCUT2D eigenvalue weighted by molar-refractivity contribution is 0.102. The van der Waals surface area contributed by atoms with Crippen LogP contribution in [0.5, 0.6) is 0 Å². The normalized spacial score (nSPS) is 10.8. The molecule has 0 bridgehead atoms. The molecule has 112 valence electrons. The Morgan fingerprint density at radius 3 is 2.68 bits per heavy atom. The van der Waals surface area contributed by atoms with Crippen molar-refractivity contribution in [3.8, 4) is 11.4 Å². The maximum atomic E-state index is 12.1. The van der Waals surface area contributed by atoms with Crippen molar-refractivity contribution in [1.29, 1.82) is 0 Å². The molecule has 0 atom stereocenters. The average molecular weight is 394 g/mol. The van der Waals surface area contributed by atoms with Gasteiger partial charge in [-0.2, -0.15) is 0 Å². The summed E-state index contributed by atoms with van der Waals surface area (Å²) in [4.78, 5) is 12.9. The predicted molar refractivity (Wildman–Crippen MR) is 93.5 cm³/mol. The Morgan fingerprint density at radius 1 is 1.23 bits per heavy atom. The summed E-state index contributed by atoms with van der Waals surface area (Å²) in [6.07, 6.45) is 0. The number of aromatic nitrogens is 3. The van der Waals surface area contributed by atoms with Gasteiger partial charge in [0.25, 0.3) is 0 Å². The highest BCUT2D eigenvalue weighted by Crippen LogP contribution is 2.26. The molecule has 3 aromatic rings. The molecule has 2 heterocycles.